The largest absolute Gasteiger partial charge is 0.322 e. The maximum Gasteiger partial charge on any atom is 0.252 e. The molecule has 0 radical (unpaired) electrons. The van der Waals surface area contributed by atoms with Crippen LogP contribution in [0.4, 0.5) is 5.69 Å². The normalized spacial score (nSPS) is 13.3. The van der Waals surface area contributed by atoms with E-state index in [1.54, 1.807) is 12.1 Å². The monoisotopic (exact) mass is 313 g/mol. The van der Waals surface area contributed by atoms with Crippen LogP contribution in [0, 0.1) is 0 Å². The molecule has 0 bridgehead atoms. The Bertz CT molecular complexity index is 1000. The average molecular weight is 313 g/mol. The molecule has 0 aliphatic heterocycles. The minimum atomic E-state index is -0.229. The molecule has 3 aromatic rings. The van der Waals surface area contributed by atoms with Gasteiger partial charge in [-0.2, -0.15) is 0 Å². The molecule has 3 aromatic carbocycles. The molecule has 1 aliphatic rings. The molecule has 0 aromatic heterocycles. The molecule has 0 spiro atoms. The maximum absolute atomic E-state index is 12.5. The van der Waals surface area contributed by atoms with Gasteiger partial charge in [-0.15, -0.1) is 0 Å². The second-order valence-corrected chi connectivity index (χ2v) is 5.87. The van der Waals surface area contributed by atoms with E-state index >= 15 is 0 Å². The molecule has 4 rings (SSSR count). The van der Waals surface area contributed by atoms with Gasteiger partial charge in [0.15, 0.2) is 5.78 Å². The molecule has 0 heterocycles. The van der Waals surface area contributed by atoms with Gasteiger partial charge >= 0.3 is 0 Å². The lowest BCUT2D eigenvalue weighted by atomic mass is 9.91. The maximum atomic E-state index is 12.5. The number of carbonyl (C=O) groups excluding carboxylic acids is 2. The first kappa shape index (κ1) is 14.4. The lowest BCUT2D eigenvalue weighted by Gasteiger charge is -2.15. The second kappa shape index (κ2) is 5.78. The number of benzene rings is 3. The highest BCUT2D eigenvalue weighted by Crippen LogP contribution is 2.25. The Balaban J connectivity index is 1.62. The highest BCUT2D eigenvalue weighted by molar-refractivity contribution is 6.16. The first-order valence-electron chi connectivity index (χ1n) is 7.84. The number of rotatable bonds is 2. The van der Waals surface area contributed by atoms with E-state index in [0.29, 0.717) is 11.1 Å². The van der Waals surface area contributed by atoms with Gasteiger partial charge < -0.3 is 5.32 Å². The van der Waals surface area contributed by atoms with Crippen LogP contribution >= 0.6 is 0 Å². The Labute approximate surface area is 139 Å². The predicted molar refractivity (Wildman–Crippen MR) is 95.9 cm³/mol. The second-order valence-electron chi connectivity index (χ2n) is 5.87. The van der Waals surface area contributed by atoms with Crippen LogP contribution in [0.1, 0.15) is 22.3 Å². The van der Waals surface area contributed by atoms with E-state index in [-0.39, 0.29) is 18.1 Å². The Morgan fingerprint density at radius 1 is 0.875 bits per heavy atom. The summed E-state index contributed by atoms with van der Waals surface area (Å²) in [6.45, 7) is 0. The number of anilines is 1. The molecule has 1 N–H and O–H groups in total. The van der Waals surface area contributed by atoms with Crippen LogP contribution in [0.3, 0.4) is 0 Å². The fourth-order valence-corrected chi connectivity index (χ4v) is 3.01. The minimum Gasteiger partial charge on any atom is -0.322 e. The van der Waals surface area contributed by atoms with Crippen molar-refractivity contribution in [2.75, 3.05) is 5.32 Å². The molecule has 116 valence electrons. The number of ketones is 1. The Kier molecular flexibility index (Phi) is 3.47. The number of carbonyl (C=O) groups is 2. The molecule has 0 fully saturated rings. The zero-order valence-corrected chi connectivity index (χ0v) is 13.0. The molecular formula is C21H15NO2. The summed E-state index contributed by atoms with van der Waals surface area (Å²) in [5.74, 6) is -0.245. The molecule has 1 aliphatic carbocycles. The van der Waals surface area contributed by atoms with Crippen LogP contribution in [-0.2, 0) is 4.79 Å². The molecule has 0 saturated carbocycles. The highest BCUT2D eigenvalue weighted by Gasteiger charge is 2.22. The van der Waals surface area contributed by atoms with Crippen molar-refractivity contribution in [3.63, 3.8) is 0 Å². The summed E-state index contributed by atoms with van der Waals surface area (Å²) in [5, 5.41) is 5.08. The van der Waals surface area contributed by atoms with Crippen molar-refractivity contribution in [3.8, 4) is 0 Å². The molecule has 0 saturated heterocycles. The number of hydrogen-bond donors (Lipinski definition) is 1. The SMILES string of the molecule is O=C(Nc1ccc2ccccc2c1)C1=Cc2ccccc2C(=O)C1. The van der Waals surface area contributed by atoms with Crippen LogP contribution < -0.4 is 5.32 Å². The van der Waals surface area contributed by atoms with Crippen molar-refractivity contribution in [2.45, 2.75) is 6.42 Å². The number of fused-ring (bicyclic) bond motifs is 2. The van der Waals surface area contributed by atoms with Gasteiger partial charge in [-0.25, -0.2) is 0 Å². The zero-order chi connectivity index (χ0) is 16.5. The van der Waals surface area contributed by atoms with Crippen LogP contribution in [0.15, 0.2) is 72.3 Å². The number of nitrogens with one attached hydrogen (secondary N) is 1. The van der Waals surface area contributed by atoms with Gasteiger partial charge in [0.05, 0.1) is 0 Å². The number of amides is 1. The molecular weight excluding hydrogens is 298 g/mol. The molecule has 3 nitrogen and oxygen atoms in total. The van der Waals surface area contributed by atoms with Crippen molar-refractivity contribution in [3.05, 3.63) is 83.4 Å². The summed E-state index contributed by atoms with van der Waals surface area (Å²) in [6.07, 6.45) is 1.93. The predicted octanol–water partition coefficient (Wildman–Crippen LogP) is 4.45. The van der Waals surface area contributed by atoms with Crippen molar-refractivity contribution < 1.29 is 9.59 Å². The lowest BCUT2D eigenvalue weighted by molar-refractivity contribution is -0.112. The third-order valence-electron chi connectivity index (χ3n) is 4.24. The molecule has 0 unspecified atom stereocenters. The molecule has 1 amide bonds. The highest BCUT2D eigenvalue weighted by atomic mass is 16.2. The summed E-state index contributed by atoms with van der Waals surface area (Å²) in [6, 6.07) is 21.1. The van der Waals surface area contributed by atoms with E-state index in [4.69, 9.17) is 0 Å². The van der Waals surface area contributed by atoms with Crippen LogP contribution in [0.25, 0.3) is 16.8 Å². The fourth-order valence-electron chi connectivity index (χ4n) is 3.01. The zero-order valence-electron chi connectivity index (χ0n) is 13.0. The quantitative estimate of drug-likeness (QED) is 0.760. The van der Waals surface area contributed by atoms with Crippen LogP contribution in [-0.4, -0.2) is 11.7 Å². The standard InChI is InChI=1S/C21H15NO2/c23-20-13-17(11-16-7-3-4-8-19(16)20)21(24)22-18-10-9-14-5-1-2-6-15(14)12-18/h1-12H,13H2,(H,22,24). The van der Waals surface area contributed by atoms with Crippen LogP contribution in [0.5, 0.6) is 0 Å². The summed E-state index contributed by atoms with van der Waals surface area (Å²) in [5.41, 5.74) is 2.70. The first-order chi connectivity index (χ1) is 11.7. The van der Waals surface area contributed by atoms with E-state index in [9.17, 15) is 9.59 Å². The Morgan fingerprint density at radius 3 is 2.50 bits per heavy atom. The van der Waals surface area contributed by atoms with Gasteiger partial charge in [0.25, 0.3) is 5.91 Å². The third-order valence-corrected chi connectivity index (χ3v) is 4.24. The summed E-state index contributed by atoms with van der Waals surface area (Å²) >= 11 is 0. The van der Waals surface area contributed by atoms with Gasteiger partial charge in [0.2, 0.25) is 0 Å². The van der Waals surface area contributed by atoms with Gasteiger partial charge in [0, 0.05) is 23.2 Å². The van der Waals surface area contributed by atoms with Gasteiger partial charge in [-0.1, -0.05) is 54.6 Å². The van der Waals surface area contributed by atoms with Crippen LogP contribution in [0.2, 0.25) is 0 Å². The Hall–Kier alpha value is -3.20. The smallest absolute Gasteiger partial charge is 0.252 e. The van der Waals surface area contributed by atoms with E-state index < -0.39 is 0 Å². The van der Waals surface area contributed by atoms with Gasteiger partial charge in [0.1, 0.15) is 0 Å². The van der Waals surface area contributed by atoms with Crippen molar-refractivity contribution in [1.82, 2.24) is 0 Å². The van der Waals surface area contributed by atoms with E-state index in [0.717, 1.165) is 22.0 Å². The minimum absolute atomic E-state index is 0.0169. The first-order valence-corrected chi connectivity index (χ1v) is 7.84. The average Bonchev–Trinajstić information content (AvgIpc) is 2.61. The molecule has 3 heteroatoms. The lowest BCUT2D eigenvalue weighted by Crippen LogP contribution is -2.19. The number of hydrogen-bond acceptors (Lipinski definition) is 2. The topological polar surface area (TPSA) is 46.2 Å². The molecule has 0 atom stereocenters. The van der Waals surface area contributed by atoms with E-state index in [2.05, 4.69) is 5.32 Å². The summed E-state index contributed by atoms with van der Waals surface area (Å²) in [7, 11) is 0. The summed E-state index contributed by atoms with van der Waals surface area (Å²) in [4.78, 5) is 24.7. The Morgan fingerprint density at radius 2 is 1.62 bits per heavy atom. The van der Waals surface area contributed by atoms with Gasteiger partial charge in [-0.05, 0) is 34.5 Å². The van der Waals surface area contributed by atoms with Crippen molar-refractivity contribution in [2.24, 2.45) is 0 Å². The van der Waals surface area contributed by atoms with E-state index in [1.807, 2.05) is 60.7 Å². The van der Waals surface area contributed by atoms with Crippen molar-refractivity contribution in [1.29, 1.82) is 0 Å². The van der Waals surface area contributed by atoms with E-state index in [1.165, 1.54) is 0 Å². The van der Waals surface area contributed by atoms with Crippen molar-refractivity contribution >= 4 is 34.2 Å². The fraction of sp³-hybridized carbons (Fsp3) is 0.0476. The third kappa shape index (κ3) is 2.61. The number of Topliss-reactive ketones (excluding diaryl/α,β-unsaturated/α-hetero) is 1. The van der Waals surface area contributed by atoms with Gasteiger partial charge in [-0.3, -0.25) is 9.59 Å². The molecule has 24 heavy (non-hydrogen) atoms. The summed E-state index contributed by atoms with van der Waals surface area (Å²) < 4.78 is 0.